The van der Waals surface area contributed by atoms with E-state index in [0.717, 1.165) is 0 Å². The van der Waals surface area contributed by atoms with Crippen molar-refractivity contribution in [2.24, 2.45) is 0 Å². The summed E-state index contributed by atoms with van der Waals surface area (Å²) in [5.74, 6) is 0. The molecule has 5 nitrogen and oxygen atoms in total. The Bertz CT molecular complexity index is 678. The zero-order chi connectivity index (χ0) is 13.9. The van der Waals surface area contributed by atoms with E-state index >= 15 is 0 Å². The van der Waals surface area contributed by atoms with Crippen molar-refractivity contribution < 1.29 is 8.42 Å². The predicted molar refractivity (Wildman–Crippen MR) is 77.9 cm³/mol. The van der Waals surface area contributed by atoms with Crippen LogP contribution in [0.5, 0.6) is 0 Å². The van der Waals surface area contributed by atoms with E-state index in [4.69, 9.17) is 0 Å². The lowest BCUT2D eigenvalue weighted by Crippen LogP contribution is -2.24. The average Bonchev–Trinajstić information content (AvgIpc) is 2.40. The fourth-order valence-corrected chi connectivity index (χ4v) is 3.86. The molecule has 1 aromatic heterocycles. The molecule has 0 unspecified atom stereocenters. The summed E-state index contributed by atoms with van der Waals surface area (Å²) in [4.78, 5) is 0.172. The van der Waals surface area contributed by atoms with Crippen molar-refractivity contribution in [3.05, 3.63) is 51.2 Å². The van der Waals surface area contributed by atoms with Gasteiger partial charge in [-0.1, -0.05) is 15.9 Å². The normalized spacial score (nSPS) is 11.5. The van der Waals surface area contributed by atoms with Gasteiger partial charge < -0.3 is 0 Å². The number of halogens is 2. The molecule has 0 amide bonds. The van der Waals surface area contributed by atoms with E-state index in [2.05, 4.69) is 46.8 Å². The summed E-state index contributed by atoms with van der Waals surface area (Å²) in [5, 5.41) is 7.51. The first-order valence-electron chi connectivity index (χ1n) is 5.20. The molecular weight excluding hydrogens is 398 g/mol. The van der Waals surface area contributed by atoms with Crippen LogP contribution in [-0.4, -0.2) is 18.6 Å². The lowest BCUT2D eigenvalue weighted by Gasteiger charge is -2.08. The lowest BCUT2D eigenvalue weighted by atomic mass is 10.4. The van der Waals surface area contributed by atoms with Crippen LogP contribution in [0.1, 0.15) is 5.69 Å². The first-order valence-corrected chi connectivity index (χ1v) is 8.27. The Balaban J connectivity index is 2.21. The average molecular weight is 407 g/mol. The quantitative estimate of drug-likeness (QED) is 0.846. The molecule has 1 heterocycles. The minimum atomic E-state index is -3.61. The molecule has 0 aliphatic rings. The van der Waals surface area contributed by atoms with Crippen molar-refractivity contribution in [3.8, 4) is 0 Å². The zero-order valence-corrected chi connectivity index (χ0v) is 13.5. The monoisotopic (exact) mass is 405 g/mol. The Morgan fingerprint density at radius 3 is 2.68 bits per heavy atom. The van der Waals surface area contributed by atoms with Crippen LogP contribution in [0.25, 0.3) is 0 Å². The van der Waals surface area contributed by atoms with Crippen molar-refractivity contribution in [2.45, 2.75) is 11.4 Å². The third-order valence-electron chi connectivity index (χ3n) is 2.25. The maximum Gasteiger partial charge on any atom is 0.242 e. The number of nitrogens with one attached hydrogen (secondary N) is 1. The van der Waals surface area contributed by atoms with Gasteiger partial charge in [0.25, 0.3) is 0 Å². The lowest BCUT2D eigenvalue weighted by molar-refractivity contribution is 0.579. The minimum Gasteiger partial charge on any atom is -0.207 e. The largest absolute Gasteiger partial charge is 0.242 e. The standard InChI is InChI=1S/C11H9Br2N3O2S/c12-8-3-4-10(13)11(6-8)19(17,18)15-7-9-2-1-5-14-16-9/h1-6,15H,7H2. The van der Waals surface area contributed by atoms with E-state index in [1.54, 1.807) is 24.3 Å². The van der Waals surface area contributed by atoms with Gasteiger partial charge in [0.05, 0.1) is 17.1 Å². The van der Waals surface area contributed by atoms with Crippen molar-refractivity contribution in [2.75, 3.05) is 0 Å². The highest BCUT2D eigenvalue weighted by Crippen LogP contribution is 2.25. The molecule has 0 spiro atoms. The summed E-state index contributed by atoms with van der Waals surface area (Å²) < 4.78 is 28.0. The highest BCUT2D eigenvalue weighted by Gasteiger charge is 2.17. The molecule has 0 saturated heterocycles. The van der Waals surface area contributed by atoms with Crippen LogP contribution in [0, 0.1) is 0 Å². The molecule has 0 radical (unpaired) electrons. The number of aromatic nitrogens is 2. The van der Waals surface area contributed by atoms with Crippen LogP contribution >= 0.6 is 31.9 Å². The summed E-state index contributed by atoms with van der Waals surface area (Å²) in [7, 11) is -3.61. The van der Waals surface area contributed by atoms with E-state index in [9.17, 15) is 8.42 Å². The van der Waals surface area contributed by atoms with Crippen LogP contribution in [-0.2, 0) is 16.6 Å². The third kappa shape index (κ3) is 3.82. The van der Waals surface area contributed by atoms with Gasteiger partial charge in [0, 0.05) is 15.1 Å². The Hall–Kier alpha value is -0.830. The Morgan fingerprint density at radius 2 is 2.00 bits per heavy atom. The van der Waals surface area contributed by atoms with Crippen molar-refractivity contribution in [1.82, 2.24) is 14.9 Å². The van der Waals surface area contributed by atoms with Crippen LogP contribution < -0.4 is 4.72 Å². The molecular formula is C11H9Br2N3O2S. The smallest absolute Gasteiger partial charge is 0.207 e. The predicted octanol–water partition coefficient (Wildman–Crippen LogP) is 2.48. The summed E-state index contributed by atoms with van der Waals surface area (Å²) >= 11 is 6.47. The van der Waals surface area contributed by atoms with Crippen LogP contribution in [0.4, 0.5) is 0 Å². The number of nitrogens with zero attached hydrogens (tertiary/aromatic N) is 2. The Kier molecular flexibility index (Phi) is 4.67. The molecule has 1 N–H and O–H groups in total. The van der Waals surface area contributed by atoms with E-state index < -0.39 is 10.0 Å². The highest BCUT2D eigenvalue weighted by atomic mass is 79.9. The van der Waals surface area contributed by atoms with E-state index in [-0.39, 0.29) is 11.4 Å². The maximum atomic E-state index is 12.2. The van der Waals surface area contributed by atoms with E-state index in [0.29, 0.717) is 14.6 Å². The van der Waals surface area contributed by atoms with E-state index in [1.165, 1.54) is 12.3 Å². The summed E-state index contributed by atoms with van der Waals surface area (Å²) in [5.41, 5.74) is 0.553. The molecule has 0 aliphatic heterocycles. The third-order valence-corrected chi connectivity index (χ3v) is 5.14. The van der Waals surface area contributed by atoms with E-state index in [1.807, 2.05) is 0 Å². The minimum absolute atomic E-state index is 0.0924. The van der Waals surface area contributed by atoms with Gasteiger partial charge >= 0.3 is 0 Å². The summed E-state index contributed by atoms with van der Waals surface area (Å²) in [6, 6.07) is 8.35. The molecule has 1 aromatic carbocycles. The molecule has 100 valence electrons. The van der Waals surface area contributed by atoms with Crippen LogP contribution in [0.3, 0.4) is 0 Å². The second-order valence-electron chi connectivity index (χ2n) is 3.61. The number of sulfonamides is 1. The molecule has 8 heteroatoms. The fourth-order valence-electron chi connectivity index (χ4n) is 1.36. The van der Waals surface area contributed by atoms with Gasteiger partial charge in [0.15, 0.2) is 0 Å². The van der Waals surface area contributed by atoms with Gasteiger partial charge in [0.2, 0.25) is 10.0 Å². The van der Waals surface area contributed by atoms with Crippen molar-refractivity contribution in [1.29, 1.82) is 0 Å². The molecule has 0 atom stereocenters. The van der Waals surface area contributed by atoms with Gasteiger partial charge in [-0.3, -0.25) is 0 Å². The summed E-state index contributed by atoms with van der Waals surface area (Å²) in [6.45, 7) is 0.0924. The number of hydrogen-bond donors (Lipinski definition) is 1. The van der Waals surface area contributed by atoms with Crippen LogP contribution in [0.2, 0.25) is 0 Å². The first-order chi connectivity index (χ1) is 8.99. The van der Waals surface area contributed by atoms with Crippen LogP contribution in [0.15, 0.2) is 50.4 Å². The maximum absolute atomic E-state index is 12.2. The molecule has 0 fully saturated rings. The topological polar surface area (TPSA) is 72.0 Å². The summed E-state index contributed by atoms with van der Waals surface area (Å²) in [6.07, 6.45) is 1.53. The first kappa shape index (κ1) is 14.6. The molecule has 0 bridgehead atoms. The van der Waals surface area contributed by atoms with Crippen molar-refractivity contribution in [3.63, 3.8) is 0 Å². The Labute approximate surface area is 127 Å². The zero-order valence-electron chi connectivity index (χ0n) is 9.55. The molecule has 2 rings (SSSR count). The van der Waals surface area contributed by atoms with Gasteiger partial charge in [-0.05, 0) is 46.3 Å². The molecule has 19 heavy (non-hydrogen) atoms. The second-order valence-corrected chi connectivity index (χ2v) is 7.12. The molecule has 2 aromatic rings. The fraction of sp³-hybridized carbons (Fsp3) is 0.0909. The molecule has 0 aliphatic carbocycles. The second kappa shape index (κ2) is 6.08. The Morgan fingerprint density at radius 1 is 1.21 bits per heavy atom. The number of hydrogen-bond acceptors (Lipinski definition) is 4. The van der Waals surface area contributed by atoms with Gasteiger partial charge in [-0.15, -0.1) is 0 Å². The van der Waals surface area contributed by atoms with Crippen molar-refractivity contribution >= 4 is 41.9 Å². The number of rotatable bonds is 4. The SMILES string of the molecule is O=S(=O)(NCc1cccnn1)c1cc(Br)ccc1Br. The van der Waals surface area contributed by atoms with Gasteiger partial charge in [-0.25, -0.2) is 13.1 Å². The number of benzene rings is 1. The van der Waals surface area contributed by atoms with Gasteiger partial charge in [-0.2, -0.15) is 10.2 Å². The highest BCUT2D eigenvalue weighted by molar-refractivity contribution is 9.11. The molecule has 0 saturated carbocycles. The van der Waals surface area contributed by atoms with Gasteiger partial charge in [0.1, 0.15) is 0 Å².